The van der Waals surface area contributed by atoms with Gasteiger partial charge in [0.05, 0.1) is 0 Å². The number of hydrogen-bond donors (Lipinski definition) is 0. The first-order chi connectivity index (χ1) is 18.2. The number of rotatable bonds is 10. The quantitative estimate of drug-likeness (QED) is 0.153. The van der Waals surface area contributed by atoms with E-state index in [2.05, 4.69) is 31.9 Å². The summed E-state index contributed by atoms with van der Waals surface area (Å²) in [6, 6.07) is 24.9. The molecule has 9 heteroatoms. The number of alkyl halides is 2. The molecule has 2 atom stereocenters. The average Bonchev–Trinajstić information content (AvgIpc) is 2.86. The molecular formula is C29H20Br2Cl4O3. The lowest BCUT2D eigenvalue weighted by molar-refractivity contribution is -0.119. The van der Waals surface area contributed by atoms with Crippen LogP contribution in [0.2, 0.25) is 20.1 Å². The molecule has 0 saturated heterocycles. The molecule has 3 nitrogen and oxygen atoms in total. The second-order valence-electron chi connectivity index (χ2n) is 8.36. The van der Waals surface area contributed by atoms with E-state index in [9.17, 15) is 4.79 Å². The van der Waals surface area contributed by atoms with E-state index in [0.717, 1.165) is 11.1 Å². The summed E-state index contributed by atoms with van der Waals surface area (Å²) in [6.07, 6.45) is 0.517. The molecule has 0 radical (unpaired) electrons. The first-order valence-electron chi connectivity index (χ1n) is 11.4. The monoisotopic (exact) mass is 714 g/mol. The topological polar surface area (TPSA) is 35.5 Å². The molecule has 38 heavy (non-hydrogen) atoms. The molecular weight excluding hydrogens is 698 g/mol. The van der Waals surface area contributed by atoms with Gasteiger partial charge in [-0.2, -0.15) is 0 Å². The lowest BCUT2D eigenvalue weighted by Crippen LogP contribution is -2.06. The molecule has 0 amide bonds. The normalized spacial score (nSPS) is 12.6. The van der Waals surface area contributed by atoms with E-state index in [0.29, 0.717) is 43.1 Å². The highest BCUT2D eigenvalue weighted by atomic mass is 79.9. The van der Waals surface area contributed by atoms with E-state index in [1.165, 1.54) is 0 Å². The summed E-state index contributed by atoms with van der Waals surface area (Å²) in [5, 5.41) is 2.26. The van der Waals surface area contributed by atoms with Crippen LogP contribution in [0.4, 0.5) is 0 Å². The van der Waals surface area contributed by atoms with Gasteiger partial charge in [-0.25, -0.2) is 0 Å². The predicted octanol–water partition coefficient (Wildman–Crippen LogP) is 11.8. The molecule has 0 aromatic heterocycles. The maximum atomic E-state index is 12.9. The predicted molar refractivity (Wildman–Crippen MR) is 164 cm³/mol. The minimum Gasteiger partial charge on any atom is -0.457 e. The summed E-state index contributed by atoms with van der Waals surface area (Å²) >= 11 is 32.1. The minimum absolute atomic E-state index is 0.0452. The molecule has 0 aliphatic rings. The van der Waals surface area contributed by atoms with Crippen LogP contribution in [0.25, 0.3) is 0 Å². The summed E-state index contributed by atoms with van der Waals surface area (Å²) in [4.78, 5) is 12.4. The van der Waals surface area contributed by atoms with Crippen LogP contribution in [0.3, 0.4) is 0 Å². The van der Waals surface area contributed by atoms with Crippen molar-refractivity contribution in [2.75, 3.05) is 0 Å². The molecule has 0 N–H and O–H groups in total. The van der Waals surface area contributed by atoms with Crippen LogP contribution in [-0.2, 0) is 4.79 Å². The van der Waals surface area contributed by atoms with E-state index in [-0.39, 0.29) is 28.3 Å². The first kappa shape index (κ1) is 29.3. The Morgan fingerprint density at radius 2 is 0.921 bits per heavy atom. The summed E-state index contributed by atoms with van der Waals surface area (Å²) in [5.74, 6) is 2.52. The molecule has 0 spiro atoms. The number of carbonyl (C=O) groups excluding carboxylic acids is 1. The van der Waals surface area contributed by atoms with Crippen molar-refractivity contribution in [1.29, 1.82) is 0 Å². The summed E-state index contributed by atoms with van der Waals surface area (Å²) in [6.45, 7) is 0. The Labute approximate surface area is 258 Å². The van der Waals surface area contributed by atoms with Gasteiger partial charge in [0.25, 0.3) is 0 Å². The lowest BCUT2D eigenvalue weighted by atomic mass is 10.0. The molecule has 2 unspecified atom stereocenters. The van der Waals surface area contributed by atoms with Crippen molar-refractivity contribution in [2.45, 2.75) is 22.5 Å². The number of hydrogen-bond acceptors (Lipinski definition) is 3. The second-order valence-corrected chi connectivity index (χ2v) is 12.3. The van der Waals surface area contributed by atoms with Crippen molar-refractivity contribution in [3.63, 3.8) is 0 Å². The summed E-state index contributed by atoms with van der Waals surface area (Å²) in [5.41, 5.74) is 1.60. The first-order valence-corrected chi connectivity index (χ1v) is 14.8. The van der Waals surface area contributed by atoms with E-state index in [1.807, 2.05) is 24.3 Å². The zero-order valence-corrected chi connectivity index (χ0v) is 25.8. The van der Waals surface area contributed by atoms with Gasteiger partial charge in [-0.05, 0) is 83.9 Å². The van der Waals surface area contributed by atoms with E-state index in [4.69, 9.17) is 55.9 Å². The van der Waals surface area contributed by atoms with Crippen molar-refractivity contribution in [2.24, 2.45) is 0 Å². The Morgan fingerprint density at radius 1 is 0.579 bits per heavy atom. The molecule has 4 rings (SSSR count). The van der Waals surface area contributed by atoms with Crippen molar-refractivity contribution < 1.29 is 14.3 Å². The molecule has 4 aromatic rings. The van der Waals surface area contributed by atoms with Crippen LogP contribution < -0.4 is 9.47 Å². The molecule has 0 fully saturated rings. The van der Waals surface area contributed by atoms with E-state index < -0.39 is 0 Å². The van der Waals surface area contributed by atoms with Gasteiger partial charge in [0.2, 0.25) is 0 Å². The summed E-state index contributed by atoms with van der Waals surface area (Å²) < 4.78 is 11.7. The number of carbonyl (C=O) groups is 1. The van der Waals surface area contributed by atoms with Gasteiger partial charge in [-0.1, -0.05) is 90.4 Å². The number of Topliss-reactive ketones (excluding diaryl/α,β-unsaturated/α-hetero) is 1. The Kier molecular flexibility index (Phi) is 10.4. The van der Waals surface area contributed by atoms with Crippen LogP contribution in [0.1, 0.15) is 33.6 Å². The van der Waals surface area contributed by atoms with Crippen molar-refractivity contribution in [1.82, 2.24) is 0 Å². The maximum absolute atomic E-state index is 12.9. The van der Waals surface area contributed by atoms with Crippen LogP contribution in [0, 0.1) is 0 Å². The molecule has 4 aromatic carbocycles. The van der Waals surface area contributed by atoms with E-state index in [1.54, 1.807) is 60.7 Å². The average molecular weight is 718 g/mol. The van der Waals surface area contributed by atoms with Gasteiger partial charge in [0, 0.05) is 42.6 Å². The Bertz CT molecular complexity index is 1310. The van der Waals surface area contributed by atoms with Crippen LogP contribution in [0.15, 0.2) is 84.9 Å². The third-order valence-corrected chi connectivity index (χ3v) is 8.32. The van der Waals surface area contributed by atoms with Crippen LogP contribution in [0.5, 0.6) is 23.0 Å². The van der Waals surface area contributed by atoms with Gasteiger partial charge in [-0.15, -0.1) is 0 Å². The fourth-order valence-electron chi connectivity index (χ4n) is 3.63. The molecule has 0 saturated carbocycles. The van der Waals surface area contributed by atoms with Gasteiger partial charge in [0.1, 0.15) is 28.8 Å². The number of ketones is 1. The molecule has 0 bridgehead atoms. The van der Waals surface area contributed by atoms with Gasteiger partial charge in [-0.3, -0.25) is 4.79 Å². The minimum atomic E-state index is -0.252. The molecule has 0 heterocycles. The van der Waals surface area contributed by atoms with E-state index >= 15 is 0 Å². The largest absolute Gasteiger partial charge is 0.457 e. The fraction of sp³-hybridized carbons (Fsp3) is 0.138. The van der Waals surface area contributed by atoms with Crippen LogP contribution in [-0.4, -0.2) is 5.78 Å². The Balaban J connectivity index is 1.34. The van der Waals surface area contributed by atoms with Gasteiger partial charge < -0.3 is 9.47 Å². The Morgan fingerprint density at radius 3 is 1.26 bits per heavy atom. The third-order valence-electron chi connectivity index (χ3n) is 5.53. The van der Waals surface area contributed by atoms with Gasteiger partial charge in [0.15, 0.2) is 0 Å². The van der Waals surface area contributed by atoms with Crippen LogP contribution >= 0.6 is 78.3 Å². The number of benzene rings is 4. The highest BCUT2D eigenvalue weighted by Gasteiger charge is 2.21. The highest BCUT2D eigenvalue weighted by molar-refractivity contribution is 9.09. The third kappa shape index (κ3) is 8.14. The second kappa shape index (κ2) is 13.6. The zero-order valence-electron chi connectivity index (χ0n) is 19.6. The SMILES string of the molecule is O=C(CC(Br)c1ccc(Oc2ccc(Cl)cc2)cc1Cl)CC(Br)c1ccc(Oc2ccc(Cl)cc2)cc1Cl. The molecule has 196 valence electrons. The van der Waals surface area contributed by atoms with Crippen molar-refractivity contribution in [3.8, 4) is 23.0 Å². The highest BCUT2D eigenvalue weighted by Crippen LogP contribution is 2.39. The zero-order chi connectivity index (χ0) is 27.2. The molecule has 0 aliphatic heterocycles. The fourth-order valence-corrected chi connectivity index (χ4v) is 6.27. The van der Waals surface area contributed by atoms with Gasteiger partial charge >= 0.3 is 0 Å². The van der Waals surface area contributed by atoms with Crippen molar-refractivity contribution >= 4 is 84.0 Å². The smallest absolute Gasteiger partial charge is 0.135 e. The molecule has 0 aliphatic carbocycles. The maximum Gasteiger partial charge on any atom is 0.135 e. The number of halogens is 6. The standard InChI is InChI=1S/C29H20Br2Cl4O3/c30-26(24-11-9-22(15-28(24)34)37-20-5-1-17(32)2-6-20)13-19(36)14-27(31)25-12-10-23(16-29(25)35)38-21-7-3-18(33)4-8-21/h1-12,15-16,26-27H,13-14H2. The van der Waals surface area contributed by atoms with Crippen molar-refractivity contribution in [3.05, 3.63) is 116 Å². The Hall–Kier alpha value is -1.73. The lowest BCUT2D eigenvalue weighted by Gasteiger charge is -2.16. The summed E-state index contributed by atoms with van der Waals surface area (Å²) in [7, 11) is 0. The number of ether oxygens (including phenoxy) is 2.